The van der Waals surface area contributed by atoms with Gasteiger partial charge in [0.1, 0.15) is 5.60 Å². The number of anilines is 1. The quantitative estimate of drug-likeness (QED) is 0.843. The summed E-state index contributed by atoms with van der Waals surface area (Å²) in [4.78, 5) is 11.0. The predicted octanol–water partition coefficient (Wildman–Crippen LogP) is 0.747. The van der Waals surface area contributed by atoms with Gasteiger partial charge >= 0.3 is 0 Å². The zero-order valence-electron chi connectivity index (χ0n) is 14.5. The number of piperidine rings is 1. The van der Waals surface area contributed by atoms with E-state index in [2.05, 4.69) is 14.9 Å². The predicted molar refractivity (Wildman–Crippen MR) is 94.8 cm³/mol. The van der Waals surface area contributed by atoms with Gasteiger partial charge in [0.25, 0.3) is 0 Å². The van der Waals surface area contributed by atoms with Crippen LogP contribution in [-0.4, -0.2) is 61.0 Å². The van der Waals surface area contributed by atoms with E-state index >= 15 is 0 Å². The number of nitrogens with two attached hydrogens (primary N) is 1. The lowest BCUT2D eigenvalue weighted by Crippen LogP contribution is -2.47. The number of hydrogen-bond donors (Lipinski definition) is 1. The fourth-order valence-corrected chi connectivity index (χ4v) is 6.32. The molecule has 1 aromatic heterocycles. The minimum Gasteiger partial charge on any atom is -0.368 e. The Kier molecular flexibility index (Phi) is 4.45. The SMILES string of the molecule is Nc1ncc2c(n1)C1(CCN(CCC3CCS(=O)(=O)C3)CC1)OCC2. The monoisotopic (exact) mass is 366 g/mol. The Labute approximate surface area is 148 Å². The summed E-state index contributed by atoms with van der Waals surface area (Å²) in [6.45, 7) is 3.57. The standard InChI is InChI=1S/C17H26N4O3S/c18-16-19-11-14-2-9-24-17(15(14)20-16)4-7-21(8-5-17)6-1-13-3-10-25(22,23)12-13/h11,13H,1-10,12H2,(H2,18,19,20). The molecule has 2 fully saturated rings. The molecule has 0 saturated carbocycles. The van der Waals surface area contributed by atoms with Gasteiger partial charge in [-0.2, -0.15) is 0 Å². The lowest BCUT2D eigenvalue weighted by atomic mass is 9.83. The molecule has 2 N–H and O–H groups in total. The number of fused-ring (bicyclic) bond motifs is 2. The van der Waals surface area contributed by atoms with Crippen LogP contribution in [0.15, 0.2) is 6.20 Å². The first-order chi connectivity index (χ1) is 12.0. The van der Waals surface area contributed by atoms with E-state index in [1.54, 1.807) is 0 Å². The summed E-state index contributed by atoms with van der Waals surface area (Å²) in [5.41, 5.74) is 7.62. The topological polar surface area (TPSA) is 98.4 Å². The van der Waals surface area contributed by atoms with Crippen molar-refractivity contribution < 1.29 is 13.2 Å². The third-order valence-electron chi connectivity index (χ3n) is 5.91. The van der Waals surface area contributed by atoms with Crippen LogP contribution < -0.4 is 5.73 Å². The molecule has 138 valence electrons. The van der Waals surface area contributed by atoms with Crippen molar-refractivity contribution >= 4 is 15.8 Å². The highest BCUT2D eigenvalue weighted by molar-refractivity contribution is 7.91. The van der Waals surface area contributed by atoms with Gasteiger partial charge in [0.2, 0.25) is 5.95 Å². The summed E-state index contributed by atoms with van der Waals surface area (Å²) < 4.78 is 29.4. The average Bonchev–Trinajstić information content (AvgIpc) is 2.94. The minimum atomic E-state index is -2.77. The Morgan fingerprint density at radius 3 is 2.88 bits per heavy atom. The number of nitrogen functional groups attached to an aromatic ring is 1. The van der Waals surface area contributed by atoms with Gasteiger partial charge in [-0.05, 0) is 50.1 Å². The van der Waals surface area contributed by atoms with Crippen LogP contribution in [0.5, 0.6) is 0 Å². The third-order valence-corrected chi connectivity index (χ3v) is 7.75. The van der Waals surface area contributed by atoms with Crippen LogP contribution in [0.2, 0.25) is 0 Å². The van der Waals surface area contributed by atoms with Gasteiger partial charge < -0.3 is 15.4 Å². The molecule has 1 atom stereocenters. The molecule has 0 aromatic carbocycles. The summed E-state index contributed by atoms with van der Waals surface area (Å²) >= 11 is 0. The van der Waals surface area contributed by atoms with E-state index in [0.717, 1.165) is 63.0 Å². The van der Waals surface area contributed by atoms with Gasteiger partial charge in [-0.1, -0.05) is 0 Å². The molecular weight excluding hydrogens is 340 g/mol. The fourth-order valence-electron chi connectivity index (χ4n) is 4.41. The van der Waals surface area contributed by atoms with Crippen LogP contribution in [0.25, 0.3) is 0 Å². The molecule has 3 aliphatic heterocycles. The molecule has 1 unspecified atom stereocenters. The van der Waals surface area contributed by atoms with Crippen molar-refractivity contribution in [2.75, 3.05) is 43.5 Å². The molecule has 0 aliphatic carbocycles. The smallest absolute Gasteiger partial charge is 0.220 e. The average molecular weight is 366 g/mol. The van der Waals surface area contributed by atoms with E-state index in [1.807, 2.05) is 6.20 Å². The van der Waals surface area contributed by atoms with Crippen molar-refractivity contribution in [2.24, 2.45) is 5.92 Å². The first-order valence-corrected chi connectivity index (χ1v) is 11.0. The van der Waals surface area contributed by atoms with Crippen molar-refractivity contribution in [3.05, 3.63) is 17.5 Å². The number of likely N-dealkylation sites (tertiary alicyclic amines) is 1. The Morgan fingerprint density at radius 1 is 1.36 bits per heavy atom. The number of ether oxygens (including phenoxy) is 1. The van der Waals surface area contributed by atoms with Crippen molar-refractivity contribution in [1.29, 1.82) is 0 Å². The maximum atomic E-state index is 11.6. The van der Waals surface area contributed by atoms with Crippen molar-refractivity contribution in [3.8, 4) is 0 Å². The van der Waals surface area contributed by atoms with E-state index in [4.69, 9.17) is 10.5 Å². The molecule has 1 aromatic rings. The number of aromatic nitrogens is 2. The van der Waals surface area contributed by atoms with Crippen LogP contribution in [0.4, 0.5) is 5.95 Å². The van der Waals surface area contributed by atoms with Gasteiger partial charge in [-0.3, -0.25) is 0 Å². The zero-order chi connectivity index (χ0) is 17.5. The van der Waals surface area contributed by atoms with E-state index in [-0.39, 0.29) is 5.60 Å². The lowest BCUT2D eigenvalue weighted by Gasteiger charge is -2.44. The van der Waals surface area contributed by atoms with E-state index in [0.29, 0.717) is 30.0 Å². The summed E-state index contributed by atoms with van der Waals surface area (Å²) in [6.07, 6.45) is 6.29. The lowest BCUT2D eigenvalue weighted by molar-refractivity contribution is -0.101. The second-order valence-corrected chi connectivity index (χ2v) is 9.82. The van der Waals surface area contributed by atoms with Crippen LogP contribution >= 0.6 is 0 Å². The van der Waals surface area contributed by atoms with Crippen LogP contribution in [0.1, 0.15) is 36.9 Å². The molecule has 2 saturated heterocycles. The normalized spacial score (nSPS) is 28.1. The van der Waals surface area contributed by atoms with Crippen molar-refractivity contribution in [3.63, 3.8) is 0 Å². The fraction of sp³-hybridized carbons (Fsp3) is 0.765. The minimum absolute atomic E-state index is 0.313. The highest BCUT2D eigenvalue weighted by Crippen LogP contribution is 2.40. The van der Waals surface area contributed by atoms with Gasteiger partial charge in [-0.25, -0.2) is 18.4 Å². The molecule has 0 radical (unpaired) electrons. The van der Waals surface area contributed by atoms with Crippen molar-refractivity contribution in [2.45, 2.75) is 37.7 Å². The largest absolute Gasteiger partial charge is 0.368 e. The molecule has 4 heterocycles. The summed E-state index contributed by atoms with van der Waals surface area (Å²) in [5, 5.41) is 0. The van der Waals surface area contributed by atoms with Gasteiger partial charge in [-0.15, -0.1) is 0 Å². The first kappa shape index (κ1) is 17.2. The van der Waals surface area contributed by atoms with Gasteiger partial charge in [0.05, 0.1) is 23.8 Å². The molecule has 4 rings (SSSR count). The summed E-state index contributed by atoms with van der Waals surface area (Å²) in [6, 6.07) is 0. The maximum Gasteiger partial charge on any atom is 0.220 e. The van der Waals surface area contributed by atoms with E-state index in [1.165, 1.54) is 0 Å². The molecule has 1 spiro atoms. The third kappa shape index (κ3) is 3.52. The number of rotatable bonds is 3. The Bertz CT molecular complexity index is 744. The Balaban J connectivity index is 1.37. The second-order valence-electron chi connectivity index (χ2n) is 7.59. The maximum absolute atomic E-state index is 11.6. The molecular formula is C17H26N4O3S. The van der Waals surface area contributed by atoms with E-state index < -0.39 is 9.84 Å². The number of sulfone groups is 1. The molecule has 3 aliphatic rings. The molecule has 7 nitrogen and oxygen atoms in total. The first-order valence-electron chi connectivity index (χ1n) is 9.14. The van der Waals surface area contributed by atoms with Crippen LogP contribution in [0.3, 0.4) is 0 Å². The van der Waals surface area contributed by atoms with Crippen molar-refractivity contribution in [1.82, 2.24) is 14.9 Å². The Morgan fingerprint density at radius 2 is 2.16 bits per heavy atom. The summed E-state index contributed by atoms with van der Waals surface area (Å²) in [7, 11) is -2.77. The second kappa shape index (κ2) is 6.48. The van der Waals surface area contributed by atoms with Crippen LogP contribution in [-0.2, 0) is 26.6 Å². The highest BCUT2D eigenvalue weighted by atomic mass is 32.2. The van der Waals surface area contributed by atoms with Gasteiger partial charge in [0, 0.05) is 19.3 Å². The molecule has 8 heteroatoms. The molecule has 25 heavy (non-hydrogen) atoms. The zero-order valence-corrected chi connectivity index (χ0v) is 15.3. The number of nitrogens with zero attached hydrogens (tertiary/aromatic N) is 3. The van der Waals surface area contributed by atoms with Crippen LogP contribution in [0, 0.1) is 5.92 Å². The highest BCUT2D eigenvalue weighted by Gasteiger charge is 2.42. The van der Waals surface area contributed by atoms with Gasteiger partial charge in [0.15, 0.2) is 9.84 Å². The Hall–Kier alpha value is -1.25. The number of hydrogen-bond acceptors (Lipinski definition) is 7. The molecule has 0 bridgehead atoms. The summed E-state index contributed by atoms with van der Waals surface area (Å²) in [5.74, 6) is 1.39. The van der Waals surface area contributed by atoms with E-state index in [9.17, 15) is 8.42 Å². The molecule has 0 amide bonds.